The van der Waals surface area contributed by atoms with E-state index in [2.05, 4.69) is 39.8 Å². The first-order valence-corrected chi connectivity index (χ1v) is 8.08. The first-order chi connectivity index (χ1) is 10.3. The quantitative estimate of drug-likeness (QED) is 0.918. The number of carboxylic acids is 1. The lowest BCUT2D eigenvalue weighted by Gasteiger charge is -2.40. The first-order valence-electron chi connectivity index (χ1n) is 8.08. The molecule has 1 N–H and O–H groups in total. The number of hydrogen-bond donors (Lipinski definition) is 1. The maximum absolute atomic E-state index is 11.6. The van der Waals surface area contributed by atoms with E-state index < -0.39 is 12.0 Å². The van der Waals surface area contributed by atoms with E-state index in [0.29, 0.717) is 13.0 Å². The fourth-order valence-electron chi connectivity index (χ4n) is 2.88. The Morgan fingerprint density at radius 2 is 2.09 bits per heavy atom. The minimum absolute atomic E-state index is 0.0211. The number of benzene rings is 1. The molecule has 1 aliphatic rings. The molecule has 4 heteroatoms. The van der Waals surface area contributed by atoms with Crippen molar-refractivity contribution in [1.29, 1.82) is 0 Å². The lowest BCUT2D eigenvalue weighted by Crippen LogP contribution is -2.48. The number of carbonyl (C=O) groups is 1. The van der Waals surface area contributed by atoms with Gasteiger partial charge in [-0.25, -0.2) is 4.79 Å². The summed E-state index contributed by atoms with van der Waals surface area (Å²) in [6.45, 7) is 11.1. The van der Waals surface area contributed by atoms with E-state index in [0.717, 1.165) is 17.9 Å². The zero-order chi connectivity index (χ0) is 16.5. The summed E-state index contributed by atoms with van der Waals surface area (Å²) in [5, 5.41) is 9.56. The van der Waals surface area contributed by atoms with Gasteiger partial charge in [0.2, 0.25) is 0 Å². The topological polar surface area (TPSA) is 49.8 Å². The summed E-state index contributed by atoms with van der Waals surface area (Å²) in [6, 6.07) is 5.65. The Hall–Kier alpha value is -1.71. The number of anilines is 1. The van der Waals surface area contributed by atoms with Crippen molar-refractivity contribution in [2.24, 2.45) is 0 Å². The molecule has 0 spiro atoms. The van der Waals surface area contributed by atoms with E-state index in [9.17, 15) is 9.90 Å². The van der Waals surface area contributed by atoms with Crippen molar-refractivity contribution in [2.75, 3.05) is 11.4 Å². The van der Waals surface area contributed by atoms with Crippen LogP contribution in [0.3, 0.4) is 0 Å². The summed E-state index contributed by atoms with van der Waals surface area (Å²) in [4.78, 5) is 13.6. The molecule has 2 rings (SSSR count). The second-order valence-electron chi connectivity index (χ2n) is 7.00. The Bertz CT molecular complexity index is 548. The second-order valence-corrected chi connectivity index (χ2v) is 7.00. The third kappa shape index (κ3) is 3.21. The predicted octanol–water partition coefficient (Wildman–Crippen LogP) is 3.82. The zero-order valence-corrected chi connectivity index (χ0v) is 14.2. The maximum atomic E-state index is 11.6. The summed E-state index contributed by atoms with van der Waals surface area (Å²) in [5.41, 5.74) is 2.12. The highest BCUT2D eigenvalue weighted by Crippen LogP contribution is 2.39. The maximum Gasteiger partial charge on any atom is 0.326 e. The standard InChI is InChI=1S/C18H27NO3/c1-6-13-11-19(14(7-2)17(20)21)15-10-12(18(3,4)5)8-9-16(15)22-13/h8-10,13-14H,6-7,11H2,1-5H3,(H,20,21). The summed E-state index contributed by atoms with van der Waals surface area (Å²) in [5.74, 6) is 0.0252. The molecule has 2 unspecified atom stereocenters. The molecule has 22 heavy (non-hydrogen) atoms. The van der Waals surface area contributed by atoms with Crippen LogP contribution in [-0.2, 0) is 10.2 Å². The Labute approximate surface area is 133 Å². The minimum atomic E-state index is -0.772. The molecule has 4 nitrogen and oxygen atoms in total. The highest BCUT2D eigenvalue weighted by Gasteiger charge is 2.33. The van der Waals surface area contributed by atoms with Gasteiger partial charge >= 0.3 is 5.97 Å². The van der Waals surface area contributed by atoms with Gasteiger partial charge < -0.3 is 14.7 Å². The van der Waals surface area contributed by atoms with Gasteiger partial charge in [0.05, 0.1) is 12.2 Å². The van der Waals surface area contributed by atoms with Crippen molar-refractivity contribution < 1.29 is 14.6 Å². The molecule has 0 aromatic heterocycles. The van der Waals surface area contributed by atoms with Gasteiger partial charge in [0.25, 0.3) is 0 Å². The van der Waals surface area contributed by atoms with Crippen LogP contribution < -0.4 is 9.64 Å². The highest BCUT2D eigenvalue weighted by atomic mass is 16.5. The van der Waals surface area contributed by atoms with Gasteiger partial charge in [-0.2, -0.15) is 0 Å². The lowest BCUT2D eigenvalue weighted by atomic mass is 9.86. The van der Waals surface area contributed by atoms with E-state index in [-0.39, 0.29) is 11.5 Å². The molecular weight excluding hydrogens is 278 g/mol. The van der Waals surface area contributed by atoms with Crippen LogP contribution in [0.5, 0.6) is 5.75 Å². The Morgan fingerprint density at radius 3 is 2.59 bits per heavy atom. The van der Waals surface area contributed by atoms with Crippen molar-refractivity contribution in [3.05, 3.63) is 23.8 Å². The van der Waals surface area contributed by atoms with Gasteiger partial charge in [-0.3, -0.25) is 0 Å². The Balaban J connectivity index is 2.49. The van der Waals surface area contributed by atoms with Crippen LogP contribution in [-0.4, -0.2) is 29.8 Å². The van der Waals surface area contributed by atoms with Crippen molar-refractivity contribution in [3.8, 4) is 5.75 Å². The molecule has 0 saturated carbocycles. The average Bonchev–Trinajstić information content (AvgIpc) is 2.45. The summed E-state index contributed by atoms with van der Waals surface area (Å²) >= 11 is 0. The SMILES string of the molecule is CCC1CN(C(CC)C(=O)O)c2cc(C(C)(C)C)ccc2O1. The molecular formula is C18H27NO3. The molecule has 0 radical (unpaired) electrons. The van der Waals surface area contributed by atoms with Gasteiger partial charge in [-0.15, -0.1) is 0 Å². The van der Waals surface area contributed by atoms with Crippen LogP contribution in [0.25, 0.3) is 0 Å². The molecule has 1 aromatic rings. The van der Waals surface area contributed by atoms with Gasteiger partial charge in [0.15, 0.2) is 0 Å². The van der Waals surface area contributed by atoms with Gasteiger partial charge in [-0.05, 0) is 36.0 Å². The third-order valence-corrected chi connectivity index (χ3v) is 4.33. The summed E-state index contributed by atoms with van der Waals surface area (Å²) < 4.78 is 6.02. The predicted molar refractivity (Wildman–Crippen MR) is 88.9 cm³/mol. The zero-order valence-electron chi connectivity index (χ0n) is 14.2. The monoisotopic (exact) mass is 305 g/mol. The minimum Gasteiger partial charge on any atom is -0.486 e. The van der Waals surface area contributed by atoms with Crippen LogP contribution in [0.15, 0.2) is 18.2 Å². The number of fused-ring (bicyclic) bond motifs is 1. The molecule has 0 aliphatic carbocycles. The number of nitrogens with zero attached hydrogens (tertiary/aromatic N) is 1. The smallest absolute Gasteiger partial charge is 0.326 e. The molecule has 122 valence electrons. The number of rotatable bonds is 4. The fraction of sp³-hybridized carbons (Fsp3) is 0.611. The number of aliphatic carboxylic acids is 1. The number of hydrogen-bond acceptors (Lipinski definition) is 3. The van der Waals surface area contributed by atoms with Crippen molar-refractivity contribution >= 4 is 11.7 Å². The second kappa shape index (κ2) is 6.19. The van der Waals surface area contributed by atoms with Crippen LogP contribution >= 0.6 is 0 Å². The van der Waals surface area contributed by atoms with E-state index in [1.54, 1.807) is 0 Å². The van der Waals surface area contributed by atoms with Crippen molar-refractivity contribution in [1.82, 2.24) is 0 Å². The molecule has 0 fully saturated rings. The van der Waals surface area contributed by atoms with E-state index in [1.807, 2.05) is 17.9 Å². The Kier molecular flexibility index (Phi) is 4.69. The van der Waals surface area contributed by atoms with E-state index in [1.165, 1.54) is 5.56 Å². The number of carboxylic acid groups (broad SMARTS) is 1. The van der Waals surface area contributed by atoms with Gasteiger partial charge in [0, 0.05) is 0 Å². The van der Waals surface area contributed by atoms with E-state index >= 15 is 0 Å². The Morgan fingerprint density at radius 1 is 1.41 bits per heavy atom. The molecule has 1 aromatic carbocycles. The summed E-state index contributed by atoms with van der Waals surface area (Å²) in [7, 11) is 0. The highest BCUT2D eigenvalue weighted by molar-refractivity contribution is 5.80. The number of ether oxygens (including phenoxy) is 1. The van der Waals surface area contributed by atoms with Gasteiger partial charge in [0.1, 0.15) is 17.9 Å². The molecule has 0 bridgehead atoms. The molecule has 1 heterocycles. The van der Waals surface area contributed by atoms with E-state index in [4.69, 9.17) is 4.74 Å². The lowest BCUT2D eigenvalue weighted by molar-refractivity contribution is -0.138. The molecule has 1 aliphatic heterocycles. The molecule has 0 saturated heterocycles. The molecule has 0 amide bonds. The van der Waals surface area contributed by atoms with Crippen LogP contribution in [0.4, 0.5) is 5.69 Å². The van der Waals surface area contributed by atoms with Crippen LogP contribution in [0.1, 0.15) is 53.0 Å². The summed E-state index contributed by atoms with van der Waals surface area (Å²) in [6.07, 6.45) is 1.49. The third-order valence-electron chi connectivity index (χ3n) is 4.33. The van der Waals surface area contributed by atoms with Crippen molar-refractivity contribution in [3.63, 3.8) is 0 Å². The van der Waals surface area contributed by atoms with Gasteiger partial charge in [-0.1, -0.05) is 40.7 Å². The molecule has 2 atom stereocenters. The van der Waals surface area contributed by atoms with Crippen LogP contribution in [0.2, 0.25) is 0 Å². The first kappa shape index (κ1) is 16.7. The van der Waals surface area contributed by atoms with Crippen molar-refractivity contribution in [2.45, 2.75) is 65.0 Å². The normalized spacial score (nSPS) is 19.3. The largest absolute Gasteiger partial charge is 0.486 e. The van der Waals surface area contributed by atoms with Crippen LogP contribution in [0, 0.1) is 0 Å². The average molecular weight is 305 g/mol. The fourth-order valence-corrected chi connectivity index (χ4v) is 2.88.